The normalized spacial score (nSPS) is 15.4. The van der Waals surface area contributed by atoms with Crippen LogP contribution < -0.4 is 10.9 Å². The quantitative estimate of drug-likeness (QED) is 0.396. The molecule has 1 heterocycles. The molecule has 2 N–H and O–H groups in total. The molecule has 1 amide bonds. The first kappa shape index (κ1) is 15.6. The summed E-state index contributed by atoms with van der Waals surface area (Å²) in [5, 5.41) is 1.39. The van der Waals surface area contributed by atoms with Crippen LogP contribution in [0.4, 0.5) is 10.5 Å². The van der Waals surface area contributed by atoms with Crippen LogP contribution in [0.1, 0.15) is 0 Å². The number of hydrazine groups is 1. The van der Waals surface area contributed by atoms with E-state index >= 15 is 0 Å². The van der Waals surface area contributed by atoms with E-state index < -0.39 is 12.4 Å². The minimum atomic E-state index is -0.815. The van der Waals surface area contributed by atoms with E-state index in [1.807, 2.05) is 0 Å². The van der Waals surface area contributed by atoms with Crippen molar-refractivity contribution in [1.29, 1.82) is 0 Å². The monoisotopic (exact) mass is 340 g/mol. The van der Waals surface area contributed by atoms with E-state index in [2.05, 4.69) is 0 Å². The summed E-state index contributed by atoms with van der Waals surface area (Å²) in [7, 11) is 0. The summed E-state index contributed by atoms with van der Waals surface area (Å²) in [6.07, 6.45) is -1.39. The second-order valence-corrected chi connectivity index (χ2v) is 5.06. The van der Waals surface area contributed by atoms with Crippen molar-refractivity contribution in [3.8, 4) is 0 Å². The number of carbonyl (C=O) groups is 1. The van der Waals surface area contributed by atoms with Gasteiger partial charge in [-0.15, -0.1) is 0 Å². The summed E-state index contributed by atoms with van der Waals surface area (Å²) in [4.78, 5) is 11.8. The van der Waals surface area contributed by atoms with Gasteiger partial charge in [-0.2, -0.15) is 0 Å². The predicted molar refractivity (Wildman–Crippen MR) is 75.2 cm³/mol. The Morgan fingerprint density at radius 1 is 1.25 bits per heavy atom. The van der Waals surface area contributed by atoms with Crippen molar-refractivity contribution in [3.63, 3.8) is 0 Å². The molecule has 1 aromatic rings. The fourth-order valence-electron chi connectivity index (χ4n) is 1.51. The number of nitrogens with zero attached hydrogens (tertiary/aromatic N) is 1. The molecule has 0 spiro atoms. The molecule has 0 aliphatic carbocycles. The minimum absolute atomic E-state index is 0.0640. The maximum absolute atomic E-state index is 11.8. The number of anilines is 1. The summed E-state index contributed by atoms with van der Waals surface area (Å²) >= 11 is 17.6. The Labute approximate surface area is 130 Å². The zero-order valence-electron chi connectivity index (χ0n) is 10.1. The van der Waals surface area contributed by atoms with Gasteiger partial charge < -0.3 is 14.2 Å². The summed E-state index contributed by atoms with van der Waals surface area (Å²) in [6.45, 7) is 0.867. The Bertz CT molecular complexity index is 509. The largest absolute Gasteiger partial charge is 0.443 e. The van der Waals surface area contributed by atoms with E-state index in [1.165, 1.54) is 12.1 Å². The highest BCUT2D eigenvalue weighted by molar-refractivity contribution is 6.44. The molecule has 0 atom stereocenters. The topological polar surface area (TPSA) is 74.0 Å². The second kappa shape index (κ2) is 6.80. The predicted octanol–water partition coefficient (Wildman–Crippen LogP) is 2.84. The molecule has 6 nitrogen and oxygen atoms in total. The molecule has 2 rings (SSSR count). The molecule has 0 aromatic heterocycles. The number of carbonyl (C=O) groups excluding carboxylic acids is 1. The van der Waals surface area contributed by atoms with Crippen LogP contribution in [0.5, 0.6) is 0 Å². The van der Waals surface area contributed by atoms with E-state index in [-0.39, 0.29) is 27.4 Å². The zero-order chi connectivity index (χ0) is 14.7. The molecule has 1 aromatic carbocycles. The van der Waals surface area contributed by atoms with Crippen molar-refractivity contribution in [2.75, 3.05) is 24.8 Å². The lowest BCUT2D eigenvalue weighted by atomic mass is 10.3. The Morgan fingerprint density at radius 2 is 1.85 bits per heavy atom. The Kier molecular flexibility index (Phi) is 5.31. The molecule has 0 bridgehead atoms. The average molecular weight is 342 g/mol. The van der Waals surface area contributed by atoms with E-state index in [9.17, 15) is 4.79 Å². The third-order valence-corrected chi connectivity index (χ3v) is 3.50. The first-order valence-corrected chi connectivity index (χ1v) is 6.71. The Balaban J connectivity index is 2.00. The number of amides is 1. The molecule has 9 heteroatoms. The lowest BCUT2D eigenvalue weighted by Gasteiger charge is -2.19. The van der Waals surface area contributed by atoms with Crippen molar-refractivity contribution in [2.24, 2.45) is 5.84 Å². The number of benzene rings is 1. The highest BCUT2D eigenvalue weighted by Gasteiger charge is 2.22. The van der Waals surface area contributed by atoms with E-state index in [0.29, 0.717) is 13.2 Å². The minimum Gasteiger partial charge on any atom is -0.443 e. The standard InChI is InChI=1S/C11H11Cl3N2O4/c12-6-3-8(14)9(4-7(6)13)16(15)11(17)20-5-10-18-1-2-19-10/h3-4,10H,1-2,5,15H2. The van der Waals surface area contributed by atoms with Crippen LogP contribution in [0.25, 0.3) is 0 Å². The molecule has 1 aliphatic rings. The molecule has 0 radical (unpaired) electrons. The van der Waals surface area contributed by atoms with E-state index in [4.69, 9.17) is 54.9 Å². The molecule has 20 heavy (non-hydrogen) atoms. The lowest BCUT2D eigenvalue weighted by Crippen LogP contribution is -2.39. The number of ether oxygens (including phenoxy) is 3. The maximum Gasteiger partial charge on any atom is 0.429 e. The molecule has 0 saturated carbocycles. The first-order valence-electron chi connectivity index (χ1n) is 5.58. The van der Waals surface area contributed by atoms with Gasteiger partial charge in [0.2, 0.25) is 0 Å². The number of hydrogen-bond donors (Lipinski definition) is 1. The van der Waals surface area contributed by atoms with Crippen LogP contribution >= 0.6 is 34.8 Å². The van der Waals surface area contributed by atoms with Crippen LogP contribution in [0.2, 0.25) is 15.1 Å². The SMILES string of the molecule is NN(C(=O)OCC1OCCO1)c1cc(Cl)c(Cl)cc1Cl. The summed E-state index contributed by atoms with van der Waals surface area (Å²) in [6, 6.07) is 2.76. The van der Waals surface area contributed by atoms with Gasteiger partial charge in [0, 0.05) is 0 Å². The summed E-state index contributed by atoms with van der Waals surface area (Å²) in [5.74, 6) is 5.63. The van der Waals surface area contributed by atoms with Crippen molar-refractivity contribution < 1.29 is 19.0 Å². The molecular formula is C11H11Cl3N2O4. The third kappa shape index (κ3) is 3.66. The van der Waals surface area contributed by atoms with Gasteiger partial charge in [-0.3, -0.25) is 0 Å². The van der Waals surface area contributed by atoms with Gasteiger partial charge in [-0.05, 0) is 12.1 Å². The van der Waals surface area contributed by atoms with Crippen LogP contribution in [0.15, 0.2) is 12.1 Å². The Morgan fingerprint density at radius 3 is 2.50 bits per heavy atom. The molecule has 1 aliphatic heterocycles. The van der Waals surface area contributed by atoms with Crippen molar-refractivity contribution in [3.05, 3.63) is 27.2 Å². The van der Waals surface area contributed by atoms with Crippen molar-refractivity contribution in [1.82, 2.24) is 0 Å². The smallest absolute Gasteiger partial charge is 0.429 e. The van der Waals surface area contributed by atoms with Crippen molar-refractivity contribution >= 4 is 46.6 Å². The van der Waals surface area contributed by atoms with Gasteiger partial charge >= 0.3 is 6.09 Å². The van der Waals surface area contributed by atoms with E-state index in [1.54, 1.807) is 0 Å². The fourth-order valence-corrected chi connectivity index (χ4v) is 2.14. The van der Waals surface area contributed by atoms with Gasteiger partial charge in [0.15, 0.2) is 6.29 Å². The summed E-state index contributed by atoms with van der Waals surface area (Å²) in [5.41, 5.74) is 0.180. The molecular weight excluding hydrogens is 330 g/mol. The van der Waals surface area contributed by atoms with Gasteiger partial charge in [-0.1, -0.05) is 34.8 Å². The highest BCUT2D eigenvalue weighted by atomic mass is 35.5. The van der Waals surface area contributed by atoms with Gasteiger partial charge in [-0.25, -0.2) is 15.6 Å². The Hall–Kier alpha value is -0.760. The number of rotatable bonds is 3. The van der Waals surface area contributed by atoms with Crippen LogP contribution in [-0.2, 0) is 14.2 Å². The van der Waals surface area contributed by atoms with Crippen LogP contribution in [-0.4, -0.2) is 32.2 Å². The average Bonchev–Trinajstić information content (AvgIpc) is 2.92. The van der Waals surface area contributed by atoms with Crippen LogP contribution in [0, 0.1) is 0 Å². The number of nitrogens with two attached hydrogens (primary N) is 1. The fraction of sp³-hybridized carbons (Fsp3) is 0.364. The van der Waals surface area contributed by atoms with Crippen LogP contribution in [0.3, 0.4) is 0 Å². The lowest BCUT2D eigenvalue weighted by molar-refractivity contribution is -0.0767. The number of hydrogen-bond acceptors (Lipinski definition) is 5. The molecule has 1 saturated heterocycles. The molecule has 110 valence electrons. The second-order valence-electron chi connectivity index (χ2n) is 3.84. The first-order chi connectivity index (χ1) is 9.49. The van der Waals surface area contributed by atoms with Crippen molar-refractivity contribution in [2.45, 2.75) is 6.29 Å². The maximum atomic E-state index is 11.8. The van der Waals surface area contributed by atoms with Gasteiger partial charge in [0.25, 0.3) is 0 Å². The van der Waals surface area contributed by atoms with E-state index in [0.717, 1.165) is 5.01 Å². The third-order valence-electron chi connectivity index (χ3n) is 2.48. The van der Waals surface area contributed by atoms with Gasteiger partial charge in [0.1, 0.15) is 6.61 Å². The molecule has 0 unspecified atom stereocenters. The molecule has 1 fully saturated rings. The zero-order valence-corrected chi connectivity index (χ0v) is 12.4. The number of halogens is 3. The van der Waals surface area contributed by atoms with Gasteiger partial charge in [0.05, 0.1) is 34.0 Å². The highest BCUT2D eigenvalue weighted by Crippen LogP contribution is 2.33. The summed E-state index contributed by atoms with van der Waals surface area (Å²) < 4.78 is 15.2.